The number of ether oxygens (including phenoxy) is 1. The van der Waals surface area contributed by atoms with Gasteiger partial charge in [0.25, 0.3) is 0 Å². The molecule has 2 N–H and O–H groups in total. The smallest absolute Gasteiger partial charge is 0.124 e. The van der Waals surface area contributed by atoms with Crippen molar-refractivity contribution in [3.63, 3.8) is 0 Å². The molecule has 3 aromatic rings. The SMILES string of the molecule is CCCCOc1ccc2nc(-c3ccc(N)cc3)sc2c1. The van der Waals surface area contributed by atoms with Gasteiger partial charge in [-0.3, -0.25) is 0 Å². The van der Waals surface area contributed by atoms with E-state index in [9.17, 15) is 0 Å². The van der Waals surface area contributed by atoms with E-state index in [4.69, 9.17) is 10.5 Å². The summed E-state index contributed by atoms with van der Waals surface area (Å²) in [5, 5.41) is 1.01. The summed E-state index contributed by atoms with van der Waals surface area (Å²) in [4.78, 5) is 4.67. The van der Waals surface area contributed by atoms with Crippen molar-refractivity contribution in [2.24, 2.45) is 0 Å². The Labute approximate surface area is 128 Å². The van der Waals surface area contributed by atoms with Gasteiger partial charge in [-0.2, -0.15) is 0 Å². The van der Waals surface area contributed by atoms with Crippen LogP contribution in [0.1, 0.15) is 19.8 Å². The molecule has 0 aliphatic heterocycles. The highest BCUT2D eigenvalue weighted by atomic mass is 32.1. The van der Waals surface area contributed by atoms with Crippen molar-refractivity contribution in [2.45, 2.75) is 19.8 Å². The fourth-order valence-electron chi connectivity index (χ4n) is 2.08. The number of benzene rings is 2. The summed E-state index contributed by atoms with van der Waals surface area (Å²) in [6, 6.07) is 13.9. The largest absolute Gasteiger partial charge is 0.494 e. The molecule has 0 fully saturated rings. The first-order chi connectivity index (χ1) is 10.3. The molecule has 0 amide bonds. The Hall–Kier alpha value is -2.07. The molecule has 0 unspecified atom stereocenters. The molecule has 0 aliphatic rings. The van der Waals surface area contributed by atoms with Gasteiger partial charge in [0.15, 0.2) is 0 Å². The highest BCUT2D eigenvalue weighted by molar-refractivity contribution is 7.21. The van der Waals surface area contributed by atoms with Gasteiger partial charge in [-0.25, -0.2) is 4.98 Å². The molecule has 0 atom stereocenters. The molecule has 2 aromatic carbocycles. The molecule has 21 heavy (non-hydrogen) atoms. The minimum absolute atomic E-state index is 0.769. The van der Waals surface area contributed by atoms with Crippen LogP contribution >= 0.6 is 11.3 Å². The summed E-state index contributed by atoms with van der Waals surface area (Å²) in [6.07, 6.45) is 2.22. The number of nitrogens with two attached hydrogens (primary N) is 1. The number of unbranched alkanes of at least 4 members (excludes halogenated alkanes) is 1. The van der Waals surface area contributed by atoms with E-state index in [2.05, 4.69) is 18.0 Å². The lowest BCUT2D eigenvalue weighted by molar-refractivity contribution is 0.310. The van der Waals surface area contributed by atoms with Crippen LogP contribution in [0.5, 0.6) is 5.75 Å². The Bertz CT molecular complexity index is 734. The average molecular weight is 298 g/mol. The van der Waals surface area contributed by atoms with E-state index >= 15 is 0 Å². The van der Waals surface area contributed by atoms with Crippen molar-refractivity contribution < 1.29 is 4.74 Å². The lowest BCUT2D eigenvalue weighted by Gasteiger charge is -2.04. The Kier molecular flexibility index (Phi) is 4.06. The van der Waals surface area contributed by atoms with Gasteiger partial charge in [0.1, 0.15) is 10.8 Å². The van der Waals surface area contributed by atoms with Gasteiger partial charge in [0.2, 0.25) is 0 Å². The lowest BCUT2D eigenvalue weighted by Crippen LogP contribution is -1.95. The molecule has 3 nitrogen and oxygen atoms in total. The van der Waals surface area contributed by atoms with Crippen LogP contribution in [0.25, 0.3) is 20.8 Å². The van der Waals surface area contributed by atoms with Gasteiger partial charge in [-0.15, -0.1) is 11.3 Å². The Balaban J connectivity index is 1.87. The third-order valence-corrected chi connectivity index (χ3v) is 4.35. The summed E-state index contributed by atoms with van der Waals surface area (Å²) in [5.74, 6) is 0.920. The maximum absolute atomic E-state index is 5.75. The van der Waals surface area contributed by atoms with Crippen molar-refractivity contribution in [1.82, 2.24) is 4.98 Å². The second-order valence-electron chi connectivity index (χ2n) is 4.97. The maximum Gasteiger partial charge on any atom is 0.124 e. The number of hydrogen-bond acceptors (Lipinski definition) is 4. The molecule has 0 spiro atoms. The second kappa shape index (κ2) is 6.14. The standard InChI is InChI=1S/C17H18N2OS/c1-2-3-10-20-14-8-9-15-16(11-14)21-17(19-15)12-4-6-13(18)7-5-12/h4-9,11H,2-3,10,18H2,1H3. The van der Waals surface area contributed by atoms with E-state index in [-0.39, 0.29) is 0 Å². The highest BCUT2D eigenvalue weighted by Gasteiger charge is 2.07. The molecule has 1 aromatic heterocycles. The average Bonchev–Trinajstić information content (AvgIpc) is 2.91. The van der Waals surface area contributed by atoms with Gasteiger partial charge >= 0.3 is 0 Å². The summed E-state index contributed by atoms with van der Waals surface area (Å²) in [5.41, 5.74) is 8.60. The van der Waals surface area contributed by atoms with Crippen LogP contribution in [-0.4, -0.2) is 11.6 Å². The number of aromatic nitrogens is 1. The quantitative estimate of drug-likeness (QED) is 0.547. The Morgan fingerprint density at radius 3 is 2.71 bits per heavy atom. The zero-order valence-electron chi connectivity index (χ0n) is 12.0. The molecule has 4 heteroatoms. The number of nitrogens with zero attached hydrogens (tertiary/aromatic N) is 1. The third-order valence-electron chi connectivity index (χ3n) is 3.28. The van der Waals surface area contributed by atoms with Gasteiger partial charge in [0.05, 0.1) is 16.8 Å². The minimum atomic E-state index is 0.769. The fourth-order valence-corrected chi connectivity index (χ4v) is 3.08. The maximum atomic E-state index is 5.75. The first kappa shape index (κ1) is 13.9. The van der Waals surface area contributed by atoms with Gasteiger partial charge in [0, 0.05) is 11.3 Å². The summed E-state index contributed by atoms with van der Waals surface area (Å²) >= 11 is 1.68. The van der Waals surface area contributed by atoms with Crippen molar-refractivity contribution in [2.75, 3.05) is 12.3 Å². The van der Waals surface area contributed by atoms with Crippen LogP contribution in [0.4, 0.5) is 5.69 Å². The molecule has 0 saturated heterocycles. The number of thiazole rings is 1. The van der Waals surface area contributed by atoms with E-state index in [1.807, 2.05) is 36.4 Å². The Morgan fingerprint density at radius 1 is 1.14 bits per heavy atom. The fraction of sp³-hybridized carbons (Fsp3) is 0.235. The van der Waals surface area contributed by atoms with E-state index < -0.39 is 0 Å². The number of nitrogen functional groups attached to an aromatic ring is 1. The molecule has 3 rings (SSSR count). The number of hydrogen-bond donors (Lipinski definition) is 1. The van der Waals surface area contributed by atoms with Gasteiger partial charge in [-0.1, -0.05) is 13.3 Å². The van der Waals surface area contributed by atoms with E-state index in [0.29, 0.717) is 0 Å². The number of rotatable bonds is 5. The predicted molar refractivity (Wildman–Crippen MR) is 89.9 cm³/mol. The van der Waals surface area contributed by atoms with Crippen molar-refractivity contribution >= 4 is 27.2 Å². The molecular formula is C17H18N2OS. The molecular weight excluding hydrogens is 280 g/mol. The first-order valence-electron chi connectivity index (χ1n) is 7.15. The predicted octanol–water partition coefficient (Wildman–Crippen LogP) is 4.72. The Morgan fingerprint density at radius 2 is 1.95 bits per heavy atom. The normalized spacial score (nSPS) is 10.9. The van der Waals surface area contributed by atoms with Crippen LogP contribution in [0.2, 0.25) is 0 Å². The van der Waals surface area contributed by atoms with Crippen molar-refractivity contribution in [1.29, 1.82) is 0 Å². The number of anilines is 1. The van der Waals surface area contributed by atoms with E-state index in [0.717, 1.165) is 51.7 Å². The van der Waals surface area contributed by atoms with Crippen LogP contribution < -0.4 is 10.5 Å². The van der Waals surface area contributed by atoms with Crippen molar-refractivity contribution in [3.8, 4) is 16.3 Å². The number of fused-ring (bicyclic) bond motifs is 1. The van der Waals surface area contributed by atoms with Crippen LogP contribution in [-0.2, 0) is 0 Å². The van der Waals surface area contributed by atoms with E-state index in [1.54, 1.807) is 11.3 Å². The molecule has 1 heterocycles. The van der Waals surface area contributed by atoms with Crippen LogP contribution in [0.3, 0.4) is 0 Å². The minimum Gasteiger partial charge on any atom is -0.494 e. The molecule has 0 radical (unpaired) electrons. The zero-order valence-corrected chi connectivity index (χ0v) is 12.8. The van der Waals surface area contributed by atoms with Gasteiger partial charge in [-0.05, 0) is 48.9 Å². The lowest BCUT2D eigenvalue weighted by atomic mass is 10.2. The first-order valence-corrected chi connectivity index (χ1v) is 7.97. The molecule has 108 valence electrons. The monoisotopic (exact) mass is 298 g/mol. The van der Waals surface area contributed by atoms with Crippen LogP contribution in [0, 0.1) is 0 Å². The third kappa shape index (κ3) is 3.16. The van der Waals surface area contributed by atoms with Gasteiger partial charge < -0.3 is 10.5 Å². The summed E-state index contributed by atoms with van der Waals surface area (Å²) < 4.78 is 6.90. The topological polar surface area (TPSA) is 48.1 Å². The van der Waals surface area contributed by atoms with Crippen molar-refractivity contribution in [3.05, 3.63) is 42.5 Å². The summed E-state index contributed by atoms with van der Waals surface area (Å²) in [6.45, 7) is 2.93. The van der Waals surface area contributed by atoms with Crippen LogP contribution in [0.15, 0.2) is 42.5 Å². The second-order valence-corrected chi connectivity index (χ2v) is 6.00. The molecule has 0 aliphatic carbocycles. The molecule has 0 bridgehead atoms. The highest BCUT2D eigenvalue weighted by Crippen LogP contribution is 2.32. The van der Waals surface area contributed by atoms with E-state index in [1.165, 1.54) is 0 Å². The molecule has 0 saturated carbocycles. The summed E-state index contributed by atoms with van der Waals surface area (Å²) in [7, 11) is 0. The zero-order chi connectivity index (χ0) is 14.7.